The van der Waals surface area contributed by atoms with Gasteiger partial charge in [0.2, 0.25) is 0 Å². The molecule has 0 saturated carbocycles. The van der Waals surface area contributed by atoms with Crippen molar-refractivity contribution < 1.29 is 34.4 Å². The van der Waals surface area contributed by atoms with Gasteiger partial charge in [0.1, 0.15) is 11.3 Å². The quantitative estimate of drug-likeness (QED) is 0.0589. The van der Waals surface area contributed by atoms with Crippen molar-refractivity contribution in [3.63, 3.8) is 0 Å². The zero-order chi connectivity index (χ0) is 27.7. The van der Waals surface area contributed by atoms with Crippen molar-refractivity contribution in [3.05, 3.63) is 78.4 Å². The number of aryl methyl sites for hydroxylation is 1. The van der Waals surface area contributed by atoms with Crippen molar-refractivity contribution in [2.75, 3.05) is 0 Å². The van der Waals surface area contributed by atoms with Crippen LogP contribution < -0.4 is 0 Å². The number of allylic oxidation sites excluding steroid dienone is 2. The topological polar surface area (TPSA) is 63.3 Å². The number of aromatic nitrogens is 1. The van der Waals surface area contributed by atoms with Crippen molar-refractivity contribution in [2.24, 2.45) is 11.8 Å². The molecule has 40 heavy (non-hydrogen) atoms. The molecule has 0 unspecified atom stereocenters. The Morgan fingerprint density at radius 3 is 2.33 bits per heavy atom. The molecule has 6 rings (SSSR count). The van der Waals surface area contributed by atoms with E-state index in [2.05, 4.69) is 48.5 Å². The minimum Gasteiger partial charge on any atom is -0.512 e. The number of furan rings is 1. The van der Waals surface area contributed by atoms with Gasteiger partial charge in [-0.2, -0.15) is 0 Å². The van der Waals surface area contributed by atoms with E-state index in [1.807, 2.05) is 46.9 Å². The van der Waals surface area contributed by atoms with Gasteiger partial charge in [0.05, 0.1) is 5.76 Å². The summed E-state index contributed by atoms with van der Waals surface area (Å²) < 4.78 is 6.19. The molecule has 0 atom stereocenters. The third-order valence-corrected chi connectivity index (χ3v) is 8.15. The standard InChI is InChI=1S/C22H12NO.C13H24O2.Ir/c1-12-16-7-6-13-8-9-23-21-17-10-14-4-2-3-5-15(14)11-18(17)22(24-12)20(16)19(13)21;1-5-10(6-2)12(14)9-13(15)11(7-3)8-4;/h2-9,11H,1H3;9-11,14H,5-8H2,1-4H3;/q-1;;/b;12-9-;. The van der Waals surface area contributed by atoms with Crippen LogP contribution in [0.1, 0.15) is 59.1 Å². The Morgan fingerprint density at radius 1 is 0.925 bits per heavy atom. The Bertz CT molecular complexity index is 1810. The fourth-order valence-electron chi connectivity index (χ4n) is 5.75. The van der Waals surface area contributed by atoms with Gasteiger partial charge in [0.15, 0.2) is 5.78 Å². The molecule has 0 amide bonds. The predicted molar refractivity (Wildman–Crippen MR) is 163 cm³/mol. The van der Waals surface area contributed by atoms with Crippen LogP contribution in [0.15, 0.2) is 71.0 Å². The molecule has 5 heteroatoms. The number of fused-ring (bicyclic) bond motifs is 4. The predicted octanol–water partition coefficient (Wildman–Crippen LogP) is 9.85. The number of carbonyl (C=O) groups is 1. The maximum absolute atomic E-state index is 11.7. The normalized spacial score (nSPS) is 12.1. The summed E-state index contributed by atoms with van der Waals surface area (Å²) in [5.74, 6) is 1.50. The molecule has 2 aromatic heterocycles. The van der Waals surface area contributed by atoms with Crippen molar-refractivity contribution in [3.8, 4) is 0 Å². The summed E-state index contributed by atoms with van der Waals surface area (Å²) in [6.45, 7) is 10.1. The summed E-state index contributed by atoms with van der Waals surface area (Å²) in [4.78, 5) is 16.4. The Hall–Kier alpha value is -3.27. The minimum atomic E-state index is 0. The van der Waals surface area contributed by atoms with E-state index in [0.717, 1.165) is 58.7 Å². The maximum atomic E-state index is 11.7. The molecule has 209 valence electrons. The van der Waals surface area contributed by atoms with Gasteiger partial charge in [-0.1, -0.05) is 68.8 Å². The number of ketones is 1. The average molecular weight is 711 g/mol. The van der Waals surface area contributed by atoms with E-state index in [0.29, 0.717) is 0 Å². The first kappa shape index (κ1) is 29.7. The second kappa shape index (κ2) is 12.5. The van der Waals surface area contributed by atoms with E-state index >= 15 is 0 Å². The molecular formula is C35H36IrNO3-. The van der Waals surface area contributed by atoms with Crippen molar-refractivity contribution in [1.29, 1.82) is 0 Å². The fraction of sp³-hybridized carbons (Fsp3) is 0.314. The van der Waals surface area contributed by atoms with E-state index in [-0.39, 0.29) is 43.5 Å². The fourth-order valence-corrected chi connectivity index (χ4v) is 5.75. The van der Waals surface area contributed by atoms with Crippen LogP contribution in [-0.2, 0) is 24.9 Å². The van der Waals surface area contributed by atoms with E-state index in [9.17, 15) is 9.90 Å². The van der Waals surface area contributed by atoms with Gasteiger partial charge >= 0.3 is 0 Å². The summed E-state index contributed by atoms with van der Waals surface area (Å²) in [7, 11) is 0. The zero-order valence-corrected chi connectivity index (χ0v) is 26.2. The van der Waals surface area contributed by atoms with Crippen molar-refractivity contribution >= 4 is 60.0 Å². The van der Waals surface area contributed by atoms with Crippen LogP contribution >= 0.6 is 0 Å². The minimum absolute atomic E-state index is 0. The van der Waals surface area contributed by atoms with E-state index in [1.165, 1.54) is 33.0 Å². The number of rotatable bonds is 7. The second-order valence-electron chi connectivity index (χ2n) is 10.4. The van der Waals surface area contributed by atoms with Crippen LogP contribution in [0.5, 0.6) is 0 Å². The summed E-state index contributed by atoms with van der Waals surface area (Å²) in [6, 6.07) is 20.5. The number of nitrogens with zero attached hydrogens (tertiary/aromatic N) is 1. The Kier molecular flexibility index (Phi) is 9.28. The van der Waals surface area contributed by atoms with Gasteiger partial charge in [0.25, 0.3) is 0 Å². The summed E-state index contributed by atoms with van der Waals surface area (Å²) >= 11 is 0. The molecule has 0 aliphatic rings. The SMILES string of the molecule is CCC(CC)C(=O)/C=C(\O)C(CC)CC.Cc1oc2c3cc4ccccc4[c-]c3c3nccc4ccc1c2c43.[Ir]. The number of aliphatic hydroxyl groups excluding tert-OH is 1. The molecular weight excluding hydrogens is 675 g/mol. The summed E-state index contributed by atoms with van der Waals surface area (Å²) in [6.07, 6.45) is 6.79. The number of hydrogen-bond acceptors (Lipinski definition) is 4. The first-order chi connectivity index (χ1) is 18.9. The summed E-state index contributed by atoms with van der Waals surface area (Å²) in [5, 5.41) is 18.9. The van der Waals surface area contributed by atoms with Crippen LogP contribution in [0.25, 0.3) is 54.2 Å². The van der Waals surface area contributed by atoms with E-state index in [1.54, 1.807) is 0 Å². The Balaban J connectivity index is 0.000000204. The van der Waals surface area contributed by atoms with Crippen LogP contribution in [0.2, 0.25) is 0 Å². The van der Waals surface area contributed by atoms with Crippen LogP contribution in [0.4, 0.5) is 0 Å². The number of benzene rings is 4. The number of aliphatic hydroxyl groups is 1. The third kappa shape index (κ3) is 5.25. The average Bonchev–Trinajstić information content (AvgIpc) is 3.30. The van der Waals surface area contributed by atoms with Gasteiger partial charge in [0, 0.05) is 60.5 Å². The number of pyridine rings is 1. The van der Waals surface area contributed by atoms with Crippen LogP contribution in [0.3, 0.4) is 0 Å². The smallest absolute Gasteiger partial charge is 0.162 e. The first-order valence-corrected chi connectivity index (χ1v) is 14.1. The molecule has 0 aliphatic heterocycles. The molecule has 1 radical (unpaired) electrons. The monoisotopic (exact) mass is 711 g/mol. The molecule has 1 N–H and O–H groups in total. The molecule has 4 nitrogen and oxygen atoms in total. The second-order valence-corrected chi connectivity index (χ2v) is 10.4. The van der Waals surface area contributed by atoms with Gasteiger partial charge in [-0.15, -0.1) is 23.6 Å². The molecule has 0 fully saturated rings. The van der Waals surface area contributed by atoms with Gasteiger partial charge in [-0.25, -0.2) is 0 Å². The molecule has 0 aliphatic carbocycles. The zero-order valence-electron chi connectivity index (χ0n) is 23.8. The summed E-state index contributed by atoms with van der Waals surface area (Å²) in [5.41, 5.74) is 1.96. The van der Waals surface area contributed by atoms with Gasteiger partial charge in [-0.3, -0.25) is 9.78 Å². The van der Waals surface area contributed by atoms with Crippen molar-refractivity contribution in [2.45, 2.75) is 60.3 Å². The van der Waals surface area contributed by atoms with Crippen LogP contribution in [-0.4, -0.2) is 15.9 Å². The molecule has 4 aromatic carbocycles. The number of carbonyl (C=O) groups excluding carboxylic acids is 1. The molecule has 0 saturated heterocycles. The van der Waals surface area contributed by atoms with E-state index < -0.39 is 0 Å². The largest absolute Gasteiger partial charge is 0.512 e. The van der Waals surface area contributed by atoms with Crippen molar-refractivity contribution in [1.82, 2.24) is 4.98 Å². The molecule has 0 spiro atoms. The molecule has 2 heterocycles. The Morgan fingerprint density at radius 2 is 1.62 bits per heavy atom. The van der Waals surface area contributed by atoms with E-state index in [4.69, 9.17) is 9.40 Å². The first-order valence-electron chi connectivity index (χ1n) is 14.1. The number of hydrogen-bond donors (Lipinski definition) is 1. The van der Waals surface area contributed by atoms with Gasteiger partial charge in [-0.05, 0) is 54.8 Å². The van der Waals surface area contributed by atoms with Crippen LogP contribution in [0, 0.1) is 24.8 Å². The molecule has 6 aromatic rings. The molecule has 0 bridgehead atoms. The maximum Gasteiger partial charge on any atom is 0.162 e. The van der Waals surface area contributed by atoms with Gasteiger partial charge < -0.3 is 9.52 Å². The Labute approximate surface area is 249 Å². The third-order valence-electron chi connectivity index (χ3n) is 8.15.